The van der Waals surface area contributed by atoms with Crippen molar-refractivity contribution >= 4 is 43.4 Å². The van der Waals surface area contributed by atoms with Gasteiger partial charge in [-0.05, 0) is 79.0 Å². The Morgan fingerprint density at radius 3 is 1.12 bits per heavy atom. The summed E-state index contributed by atoms with van der Waals surface area (Å²) in [5.74, 6) is 0. The number of benzene rings is 7. The molecule has 0 saturated carbocycles. The van der Waals surface area contributed by atoms with E-state index in [1.807, 2.05) is 0 Å². The third-order valence-electron chi connectivity index (χ3n) is 8.97. The lowest BCUT2D eigenvalue weighted by molar-refractivity contribution is 0.590. The maximum absolute atomic E-state index is 2.38. The minimum Gasteiger partial charge on any atom is -0.309 e. The molecular weight excluding hydrogens is 518 g/mol. The van der Waals surface area contributed by atoms with Crippen molar-refractivity contribution in [1.82, 2.24) is 4.57 Å². The van der Waals surface area contributed by atoms with Gasteiger partial charge in [0, 0.05) is 16.5 Å². The van der Waals surface area contributed by atoms with Crippen LogP contribution in [0.25, 0.3) is 71.3 Å². The van der Waals surface area contributed by atoms with Crippen molar-refractivity contribution in [2.24, 2.45) is 0 Å². The summed E-state index contributed by atoms with van der Waals surface area (Å²) < 4.78 is 2.38. The molecule has 0 bridgehead atoms. The molecule has 0 radical (unpaired) electrons. The molecule has 1 aromatic heterocycles. The van der Waals surface area contributed by atoms with Crippen LogP contribution >= 0.6 is 0 Å². The molecule has 0 fully saturated rings. The molecule has 8 aromatic rings. The highest BCUT2D eigenvalue weighted by molar-refractivity contribution is 6.21. The van der Waals surface area contributed by atoms with E-state index in [1.54, 1.807) is 0 Å². The number of para-hydroxylation sites is 2. The van der Waals surface area contributed by atoms with E-state index in [0.717, 1.165) is 0 Å². The smallest absolute Gasteiger partial charge is 0.0541 e. The van der Waals surface area contributed by atoms with Gasteiger partial charge in [0.1, 0.15) is 0 Å². The Morgan fingerprint density at radius 1 is 0.372 bits per heavy atom. The standard InChI is InChI=1S/C42H33N/c1-42(2,3)30-24-20-28(21-25-30)40-34-14-4-6-16-36(34)41(37-17-7-5-15-35(37)40)29-22-26-31(27-23-29)43-38-18-10-8-12-32(38)33-13-9-11-19-39(33)43/h4-27H,1-3H3. The van der Waals surface area contributed by atoms with Crippen molar-refractivity contribution in [3.63, 3.8) is 0 Å². The Morgan fingerprint density at radius 2 is 0.721 bits per heavy atom. The van der Waals surface area contributed by atoms with Crippen LogP contribution in [0.5, 0.6) is 0 Å². The number of aromatic nitrogens is 1. The van der Waals surface area contributed by atoms with Crippen LogP contribution in [0, 0.1) is 0 Å². The second-order valence-corrected chi connectivity index (χ2v) is 12.6. The molecule has 7 aromatic carbocycles. The maximum Gasteiger partial charge on any atom is 0.0541 e. The fraction of sp³-hybridized carbons (Fsp3) is 0.0952. The highest BCUT2D eigenvalue weighted by Gasteiger charge is 2.18. The van der Waals surface area contributed by atoms with Crippen LogP contribution in [0.2, 0.25) is 0 Å². The van der Waals surface area contributed by atoms with E-state index in [1.165, 1.54) is 76.9 Å². The normalized spacial score (nSPS) is 12.1. The van der Waals surface area contributed by atoms with E-state index in [-0.39, 0.29) is 5.41 Å². The molecule has 206 valence electrons. The SMILES string of the molecule is CC(C)(C)c1ccc(-c2c3ccccc3c(-c3ccc(-n4c5ccccc5c5ccccc54)cc3)c3ccccc23)cc1. The summed E-state index contributed by atoms with van der Waals surface area (Å²) in [5.41, 5.74) is 10.2. The van der Waals surface area contributed by atoms with Gasteiger partial charge in [0.25, 0.3) is 0 Å². The number of hydrogen-bond donors (Lipinski definition) is 0. The van der Waals surface area contributed by atoms with Gasteiger partial charge in [0.05, 0.1) is 11.0 Å². The molecule has 0 aliphatic heterocycles. The minimum atomic E-state index is 0.123. The third kappa shape index (κ3) is 4.07. The second-order valence-electron chi connectivity index (χ2n) is 12.6. The Bertz CT molecular complexity index is 2180. The monoisotopic (exact) mass is 551 g/mol. The molecule has 0 aliphatic carbocycles. The highest BCUT2D eigenvalue weighted by atomic mass is 15.0. The van der Waals surface area contributed by atoms with E-state index in [2.05, 4.69) is 171 Å². The molecule has 0 spiro atoms. The molecule has 0 aliphatic rings. The van der Waals surface area contributed by atoms with E-state index in [9.17, 15) is 0 Å². The zero-order valence-corrected chi connectivity index (χ0v) is 24.8. The summed E-state index contributed by atoms with van der Waals surface area (Å²) in [4.78, 5) is 0. The lowest BCUT2D eigenvalue weighted by Crippen LogP contribution is -2.10. The van der Waals surface area contributed by atoms with Crippen molar-refractivity contribution in [2.75, 3.05) is 0 Å². The van der Waals surface area contributed by atoms with Crippen molar-refractivity contribution in [2.45, 2.75) is 26.2 Å². The van der Waals surface area contributed by atoms with Gasteiger partial charge in [0.15, 0.2) is 0 Å². The van der Waals surface area contributed by atoms with Gasteiger partial charge in [-0.3, -0.25) is 0 Å². The molecular formula is C42H33N. The fourth-order valence-electron chi connectivity index (χ4n) is 6.87. The highest BCUT2D eigenvalue weighted by Crippen LogP contribution is 2.44. The van der Waals surface area contributed by atoms with Crippen LogP contribution < -0.4 is 0 Å². The summed E-state index contributed by atoms with van der Waals surface area (Å²) in [7, 11) is 0. The first-order chi connectivity index (χ1) is 21.0. The summed E-state index contributed by atoms with van der Waals surface area (Å²) in [6.45, 7) is 6.82. The van der Waals surface area contributed by atoms with Crippen LogP contribution in [0.3, 0.4) is 0 Å². The van der Waals surface area contributed by atoms with Crippen molar-refractivity contribution in [3.05, 3.63) is 151 Å². The van der Waals surface area contributed by atoms with Gasteiger partial charge < -0.3 is 4.57 Å². The second kappa shape index (κ2) is 9.71. The average molecular weight is 552 g/mol. The van der Waals surface area contributed by atoms with E-state index >= 15 is 0 Å². The quantitative estimate of drug-likeness (QED) is 0.192. The molecule has 43 heavy (non-hydrogen) atoms. The lowest BCUT2D eigenvalue weighted by Gasteiger charge is -2.21. The Kier molecular flexibility index (Phi) is 5.77. The van der Waals surface area contributed by atoms with E-state index in [0.29, 0.717) is 0 Å². The molecule has 0 amide bonds. The molecule has 1 heteroatoms. The molecule has 8 rings (SSSR count). The maximum atomic E-state index is 2.38. The zero-order valence-electron chi connectivity index (χ0n) is 24.8. The van der Waals surface area contributed by atoms with Crippen LogP contribution in [-0.2, 0) is 5.41 Å². The summed E-state index contributed by atoms with van der Waals surface area (Å²) in [6.07, 6.45) is 0. The summed E-state index contributed by atoms with van der Waals surface area (Å²) in [6, 6.07) is 53.5. The van der Waals surface area contributed by atoms with Gasteiger partial charge in [-0.2, -0.15) is 0 Å². The Balaban J connectivity index is 1.34. The molecule has 0 unspecified atom stereocenters. The van der Waals surface area contributed by atoms with Gasteiger partial charge in [0.2, 0.25) is 0 Å². The molecule has 1 heterocycles. The minimum absolute atomic E-state index is 0.123. The first kappa shape index (κ1) is 25.6. The molecule has 0 saturated heterocycles. The number of hydrogen-bond acceptors (Lipinski definition) is 0. The number of fused-ring (bicyclic) bond motifs is 5. The van der Waals surface area contributed by atoms with Gasteiger partial charge in [-0.25, -0.2) is 0 Å². The molecule has 0 N–H and O–H groups in total. The number of nitrogens with zero attached hydrogens (tertiary/aromatic N) is 1. The summed E-state index contributed by atoms with van der Waals surface area (Å²) in [5, 5.41) is 7.69. The fourth-order valence-corrected chi connectivity index (χ4v) is 6.87. The van der Waals surface area contributed by atoms with Gasteiger partial charge in [-0.1, -0.05) is 142 Å². The van der Waals surface area contributed by atoms with Crippen LogP contribution in [0.4, 0.5) is 0 Å². The van der Waals surface area contributed by atoms with Gasteiger partial charge in [-0.15, -0.1) is 0 Å². The molecule has 0 atom stereocenters. The first-order valence-electron chi connectivity index (χ1n) is 15.1. The topological polar surface area (TPSA) is 4.93 Å². The Hall–Kier alpha value is -5.14. The van der Waals surface area contributed by atoms with Crippen molar-refractivity contribution < 1.29 is 0 Å². The van der Waals surface area contributed by atoms with Crippen LogP contribution in [0.15, 0.2) is 146 Å². The van der Waals surface area contributed by atoms with Crippen LogP contribution in [-0.4, -0.2) is 4.57 Å². The van der Waals surface area contributed by atoms with E-state index in [4.69, 9.17) is 0 Å². The zero-order chi connectivity index (χ0) is 29.1. The predicted molar refractivity (Wildman–Crippen MR) is 185 cm³/mol. The average Bonchev–Trinajstić information content (AvgIpc) is 3.38. The Labute approximate surface area is 252 Å². The molecule has 1 nitrogen and oxygen atoms in total. The third-order valence-corrected chi connectivity index (χ3v) is 8.97. The van der Waals surface area contributed by atoms with E-state index < -0.39 is 0 Å². The van der Waals surface area contributed by atoms with Crippen molar-refractivity contribution in [1.29, 1.82) is 0 Å². The largest absolute Gasteiger partial charge is 0.309 e. The first-order valence-corrected chi connectivity index (χ1v) is 15.1. The van der Waals surface area contributed by atoms with Gasteiger partial charge >= 0.3 is 0 Å². The lowest BCUT2D eigenvalue weighted by atomic mass is 9.83. The number of rotatable bonds is 3. The van der Waals surface area contributed by atoms with Crippen LogP contribution in [0.1, 0.15) is 26.3 Å². The predicted octanol–water partition coefficient (Wildman–Crippen LogP) is 11.7. The summed E-state index contributed by atoms with van der Waals surface area (Å²) >= 11 is 0. The van der Waals surface area contributed by atoms with Crippen molar-refractivity contribution in [3.8, 4) is 27.9 Å².